The van der Waals surface area contributed by atoms with Gasteiger partial charge in [-0.25, -0.2) is 9.59 Å². The molecule has 17 nitrogen and oxygen atoms in total. The Bertz CT molecular complexity index is 2180. The van der Waals surface area contributed by atoms with Gasteiger partial charge < -0.3 is 37.1 Å². The highest BCUT2D eigenvalue weighted by Crippen LogP contribution is 2.41. The first-order valence-corrected chi connectivity index (χ1v) is 27.9. The van der Waals surface area contributed by atoms with Crippen molar-refractivity contribution in [1.29, 1.82) is 0 Å². The number of nitrogens with one attached hydrogen (secondary N) is 2. The molecule has 4 heterocycles. The van der Waals surface area contributed by atoms with Gasteiger partial charge in [0.25, 0.3) is 11.1 Å². The fraction of sp³-hybridized carbons (Fsp3) is 0.462. The molecule has 2 aliphatic heterocycles. The quantitative estimate of drug-likeness (QED) is 0.106. The van der Waals surface area contributed by atoms with Crippen LogP contribution in [0.2, 0.25) is 39.3 Å². The zero-order valence-electron chi connectivity index (χ0n) is 34.2. The van der Waals surface area contributed by atoms with Crippen molar-refractivity contribution in [2.24, 2.45) is 0 Å². The van der Waals surface area contributed by atoms with Crippen LogP contribution in [-0.2, 0) is 31.7 Å². The van der Waals surface area contributed by atoms with E-state index >= 15 is 0 Å². The average Bonchev–Trinajstić information content (AvgIpc) is 3.72. The molecular formula is C39H54N4O13Si3. The van der Waals surface area contributed by atoms with Crippen LogP contribution in [0.1, 0.15) is 48.9 Å². The summed E-state index contributed by atoms with van der Waals surface area (Å²) in [6.45, 7) is 13.7. The number of rotatable bonds is 14. The highest BCUT2D eigenvalue weighted by Gasteiger charge is 2.56. The number of aliphatic hydroxyl groups excluding tert-OH is 2. The van der Waals surface area contributed by atoms with Crippen LogP contribution in [-0.4, -0.2) is 98.4 Å². The topological polar surface area (TPSA) is 223 Å². The molecule has 4 aromatic rings. The lowest BCUT2D eigenvalue weighted by atomic mass is 10.0. The number of carbonyl (C=O) groups excluding carboxylic acids is 1. The molecule has 2 aliphatic rings. The van der Waals surface area contributed by atoms with E-state index < -0.39 is 90.8 Å². The lowest BCUT2D eigenvalue weighted by Crippen LogP contribution is -2.61. The molecule has 6 atom stereocenters. The van der Waals surface area contributed by atoms with E-state index in [1.165, 1.54) is 40.6 Å². The van der Waals surface area contributed by atoms with Gasteiger partial charge in [0.15, 0.2) is 16.6 Å². The Labute approximate surface area is 344 Å². The minimum absolute atomic E-state index is 0.00387. The monoisotopic (exact) mass is 870 g/mol. The maximum Gasteiger partial charge on any atom is 0.492 e. The summed E-state index contributed by atoms with van der Waals surface area (Å²) in [5, 5.41) is 18.4. The van der Waals surface area contributed by atoms with Crippen LogP contribution in [0, 0.1) is 0 Å². The number of nitrogens with zero attached hydrogens (tertiary/aromatic N) is 2. The van der Waals surface area contributed by atoms with E-state index in [1.807, 2.05) is 36.4 Å². The van der Waals surface area contributed by atoms with E-state index in [1.54, 1.807) is 0 Å². The molecule has 0 radical (unpaired) electrons. The number of ether oxygens (including phenoxy) is 3. The van der Waals surface area contributed by atoms with Crippen LogP contribution in [0.5, 0.6) is 0 Å². The summed E-state index contributed by atoms with van der Waals surface area (Å²) in [6.07, 6.45) is -1.25. The number of aromatic amines is 2. The zero-order chi connectivity index (χ0) is 43.1. The SMILES string of the molecule is CC(=O)O[C@@H]1C[C@H](n2ccc(=O)[nH]c2=O)O[C@@H]1CO[Si](O[Si](C)(C)C)(O[Si](C)(C)C)C(c1ccccc1)c1ccccc1.O=c1ccn([C@H]2C[C@@H](O)[C@@H](CO)O2)c(=O)[nH]1. The molecule has 0 bridgehead atoms. The van der Waals surface area contributed by atoms with Crippen LogP contribution >= 0.6 is 0 Å². The normalized spacial score (nSPS) is 22.2. The Morgan fingerprint density at radius 3 is 1.61 bits per heavy atom. The first-order valence-electron chi connectivity index (χ1n) is 19.3. The lowest BCUT2D eigenvalue weighted by molar-refractivity contribution is -0.150. The fourth-order valence-electron chi connectivity index (χ4n) is 6.94. The van der Waals surface area contributed by atoms with Gasteiger partial charge in [0.2, 0.25) is 0 Å². The second-order valence-corrected chi connectivity index (χ2v) is 28.4. The van der Waals surface area contributed by atoms with Crippen molar-refractivity contribution < 1.29 is 41.9 Å². The molecule has 0 amide bonds. The first kappa shape index (κ1) is 45.7. The van der Waals surface area contributed by atoms with Crippen molar-refractivity contribution in [2.75, 3.05) is 13.2 Å². The molecule has 0 spiro atoms. The van der Waals surface area contributed by atoms with Gasteiger partial charge in [0, 0.05) is 44.3 Å². The van der Waals surface area contributed by atoms with Gasteiger partial charge in [-0.3, -0.25) is 33.5 Å². The number of aliphatic hydroxyl groups is 2. The third-order valence-electron chi connectivity index (χ3n) is 9.17. The van der Waals surface area contributed by atoms with Crippen molar-refractivity contribution in [3.63, 3.8) is 0 Å². The van der Waals surface area contributed by atoms with Gasteiger partial charge in [-0.2, -0.15) is 0 Å². The van der Waals surface area contributed by atoms with Crippen molar-refractivity contribution in [2.45, 2.75) is 101 Å². The van der Waals surface area contributed by atoms with Gasteiger partial charge in [-0.15, -0.1) is 0 Å². The summed E-state index contributed by atoms with van der Waals surface area (Å²) in [5.74, 6) is -0.472. The van der Waals surface area contributed by atoms with E-state index in [0.717, 1.165) is 11.1 Å². The zero-order valence-corrected chi connectivity index (χ0v) is 37.2. The highest BCUT2D eigenvalue weighted by molar-refractivity contribution is 6.86. The number of H-pyrrole nitrogens is 2. The molecule has 20 heteroatoms. The number of carbonyl (C=O) groups is 1. The molecule has 4 N–H and O–H groups in total. The fourth-order valence-corrected chi connectivity index (χ4v) is 17.5. The van der Waals surface area contributed by atoms with Crippen LogP contribution in [0.4, 0.5) is 0 Å². The summed E-state index contributed by atoms with van der Waals surface area (Å²) in [7, 11) is -8.23. The van der Waals surface area contributed by atoms with Gasteiger partial charge in [-0.1, -0.05) is 60.7 Å². The number of hydrogen-bond acceptors (Lipinski definition) is 13. The second kappa shape index (κ2) is 19.4. The summed E-state index contributed by atoms with van der Waals surface area (Å²) in [5.41, 5.74) is -0.508. The summed E-state index contributed by atoms with van der Waals surface area (Å²) >= 11 is 0. The van der Waals surface area contributed by atoms with Crippen molar-refractivity contribution in [1.82, 2.24) is 19.1 Å². The number of aromatic nitrogens is 4. The minimum atomic E-state index is -3.65. The Morgan fingerprint density at radius 2 is 1.20 bits per heavy atom. The number of esters is 1. The molecule has 2 saturated heterocycles. The van der Waals surface area contributed by atoms with Crippen LogP contribution in [0.15, 0.2) is 104 Å². The van der Waals surface area contributed by atoms with Gasteiger partial charge in [-0.05, 0) is 50.4 Å². The summed E-state index contributed by atoms with van der Waals surface area (Å²) in [4.78, 5) is 62.9. The molecule has 2 aromatic carbocycles. The second-order valence-electron chi connectivity index (χ2n) is 16.3. The first-order chi connectivity index (χ1) is 27.8. The predicted octanol–water partition coefficient (Wildman–Crippen LogP) is 2.96. The molecule has 59 heavy (non-hydrogen) atoms. The predicted molar refractivity (Wildman–Crippen MR) is 224 cm³/mol. The smallest absolute Gasteiger partial charge is 0.460 e. The molecule has 6 rings (SSSR count). The molecule has 0 saturated carbocycles. The summed E-state index contributed by atoms with van der Waals surface area (Å²) < 4.78 is 40.9. The van der Waals surface area contributed by atoms with Crippen molar-refractivity contribution in [3.8, 4) is 0 Å². The number of hydrogen-bond donors (Lipinski definition) is 4. The van der Waals surface area contributed by atoms with E-state index in [9.17, 15) is 29.1 Å². The van der Waals surface area contributed by atoms with E-state index in [-0.39, 0.29) is 31.6 Å². The maximum absolute atomic E-state index is 12.6. The molecular weight excluding hydrogens is 817 g/mol. The van der Waals surface area contributed by atoms with Gasteiger partial charge in [0.1, 0.15) is 30.8 Å². The Balaban J connectivity index is 0.000000343. The maximum atomic E-state index is 12.6. The van der Waals surface area contributed by atoms with Crippen LogP contribution < -0.4 is 22.5 Å². The number of benzene rings is 2. The standard InChI is InChI=1S/C30H42N2O8Si3.C9H12N2O5/c1-22(33)37-25-20-28(32-19-18-27(34)31-30(32)35)38-26(25)21-36-43(39-41(2,3)4,40-42(5,6)7)29(23-14-10-8-11-15-23)24-16-12-9-13-17-24;12-4-6-5(13)3-8(16-6)11-2-1-7(14)10-9(11)15/h8-19,25-26,28-29H,20-21H2,1-7H3,(H,31,34,35);1-2,5-6,8,12-13H,3-4H2,(H,10,14,15)/t25-,26-,28-;5-,6-,8-/m11/s1. The molecule has 320 valence electrons. The lowest BCUT2D eigenvalue weighted by Gasteiger charge is -2.44. The Hall–Kier alpha value is -4.36. The Morgan fingerprint density at radius 1 is 0.746 bits per heavy atom. The van der Waals surface area contributed by atoms with E-state index in [4.69, 9.17) is 32.0 Å². The molecule has 2 fully saturated rings. The molecule has 0 unspecified atom stereocenters. The van der Waals surface area contributed by atoms with E-state index in [0.29, 0.717) is 0 Å². The minimum Gasteiger partial charge on any atom is -0.460 e. The summed E-state index contributed by atoms with van der Waals surface area (Å²) in [6, 6.07) is 22.7. The third-order valence-corrected chi connectivity index (χ3v) is 18.3. The molecule has 2 aromatic heterocycles. The van der Waals surface area contributed by atoms with Crippen LogP contribution in [0.25, 0.3) is 0 Å². The Kier molecular flexibility index (Phi) is 15.0. The largest absolute Gasteiger partial charge is 0.492 e. The van der Waals surface area contributed by atoms with Gasteiger partial charge in [0.05, 0.1) is 24.9 Å². The van der Waals surface area contributed by atoms with E-state index in [2.05, 4.69) is 73.5 Å². The molecule has 0 aliphatic carbocycles. The van der Waals surface area contributed by atoms with Crippen molar-refractivity contribution >= 4 is 31.4 Å². The average molecular weight is 871 g/mol. The highest BCUT2D eigenvalue weighted by atomic mass is 28.5. The van der Waals surface area contributed by atoms with Crippen LogP contribution in [0.3, 0.4) is 0 Å². The van der Waals surface area contributed by atoms with Crippen molar-refractivity contribution in [3.05, 3.63) is 138 Å². The third kappa shape index (κ3) is 12.3. The van der Waals surface area contributed by atoms with Gasteiger partial charge >= 0.3 is 26.2 Å².